The van der Waals surface area contributed by atoms with E-state index in [-0.39, 0.29) is 18.3 Å². The molecule has 6 heteroatoms. The van der Waals surface area contributed by atoms with Crippen molar-refractivity contribution in [1.29, 1.82) is 0 Å². The molecule has 0 radical (unpaired) electrons. The topological polar surface area (TPSA) is 59.2 Å². The van der Waals surface area contributed by atoms with Crippen molar-refractivity contribution >= 4 is 29.7 Å². The highest BCUT2D eigenvalue weighted by atomic mass is 35.5. The Morgan fingerprint density at radius 1 is 1.67 bits per heavy atom. The summed E-state index contributed by atoms with van der Waals surface area (Å²) in [5.41, 5.74) is 6.06. The number of rotatable bonds is 3. The van der Waals surface area contributed by atoms with E-state index in [1.54, 1.807) is 0 Å². The van der Waals surface area contributed by atoms with Gasteiger partial charge in [-0.15, -0.1) is 23.7 Å². The van der Waals surface area contributed by atoms with Gasteiger partial charge in [0.1, 0.15) is 10.7 Å². The van der Waals surface area contributed by atoms with Gasteiger partial charge in [-0.25, -0.2) is 4.98 Å². The van der Waals surface area contributed by atoms with Crippen molar-refractivity contribution in [3.63, 3.8) is 0 Å². The summed E-state index contributed by atoms with van der Waals surface area (Å²) in [4.78, 5) is 18.3. The first-order valence-corrected chi connectivity index (χ1v) is 6.93. The quantitative estimate of drug-likeness (QED) is 0.927. The van der Waals surface area contributed by atoms with Crippen molar-refractivity contribution in [3.8, 4) is 0 Å². The molecule has 1 unspecified atom stereocenters. The molecule has 4 nitrogen and oxygen atoms in total. The SMILES string of the molecule is CC(C)C1CCN(C(=O)c2csc(CN)n2)C1.Cl. The van der Waals surface area contributed by atoms with Gasteiger partial charge in [-0.05, 0) is 18.3 Å². The molecule has 1 fully saturated rings. The summed E-state index contributed by atoms with van der Waals surface area (Å²) in [6.45, 7) is 6.57. The average Bonchev–Trinajstić information content (AvgIpc) is 2.97. The van der Waals surface area contributed by atoms with Crippen LogP contribution < -0.4 is 5.73 Å². The summed E-state index contributed by atoms with van der Waals surface area (Å²) in [6, 6.07) is 0. The monoisotopic (exact) mass is 289 g/mol. The first-order valence-electron chi connectivity index (χ1n) is 6.05. The Morgan fingerprint density at radius 3 is 2.89 bits per heavy atom. The molecular formula is C12H20ClN3OS. The lowest BCUT2D eigenvalue weighted by Gasteiger charge is -2.17. The van der Waals surface area contributed by atoms with Crippen LogP contribution in [0.1, 0.15) is 35.8 Å². The van der Waals surface area contributed by atoms with Gasteiger partial charge in [0.05, 0.1) is 0 Å². The standard InChI is InChI=1S/C12H19N3OS.ClH/c1-8(2)9-3-4-15(6-9)12(16)10-7-17-11(5-13)14-10;/h7-9H,3-6,13H2,1-2H3;1H. The van der Waals surface area contributed by atoms with Crippen molar-refractivity contribution in [2.45, 2.75) is 26.8 Å². The Kier molecular flexibility index (Phi) is 5.56. The zero-order valence-corrected chi connectivity index (χ0v) is 12.4. The number of amides is 1. The summed E-state index contributed by atoms with van der Waals surface area (Å²) in [7, 11) is 0. The molecule has 102 valence electrons. The van der Waals surface area contributed by atoms with Crippen LogP contribution in [-0.2, 0) is 6.54 Å². The van der Waals surface area contributed by atoms with Crippen LogP contribution >= 0.6 is 23.7 Å². The molecule has 1 aliphatic rings. The lowest BCUT2D eigenvalue weighted by molar-refractivity contribution is 0.0779. The second-order valence-corrected chi connectivity index (χ2v) is 5.82. The van der Waals surface area contributed by atoms with Crippen molar-refractivity contribution in [3.05, 3.63) is 16.1 Å². The van der Waals surface area contributed by atoms with E-state index in [0.29, 0.717) is 24.1 Å². The molecule has 0 spiro atoms. The van der Waals surface area contributed by atoms with Crippen molar-refractivity contribution in [2.75, 3.05) is 13.1 Å². The maximum Gasteiger partial charge on any atom is 0.273 e. The molecule has 2 heterocycles. The van der Waals surface area contributed by atoms with Crippen LogP contribution in [0.25, 0.3) is 0 Å². The van der Waals surface area contributed by atoms with Crippen LogP contribution in [0.5, 0.6) is 0 Å². The van der Waals surface area contributed by atoms with Crippen LogP contribution in [-0.4, -0.2) is 28.9 Å². The largest absolute Gasteiger partial charge is 0.337 e. The number of hydrogen-bond acceptors (Lipinski definition) is 4. The van der Waals surface area contributed by atoms with Crippen LogP contribution in [0.15, 0.2) is 5.38 Å². The zero-order valence-electron chi connectivity index (χ0n) is 10.8. The van der Waals surface area contributed by atoms with E-state index < -0.39 is 0 Å². The van der Waals surface area contributed by atoms with Gasteiger partial charge in [0.25, 0.3) is 5.91 Å². The summed E-state index contributed by atoms with van der Waals surface area (Å²) < 4.78 is 0. The first-order chi connectivity index (χ1) is 8.11. The van der Waals surface area contributed by atoms with Crippen molar-refractivity contribution in [2.24, 2.45) is 17.6 Å². The Balaban J connectivity index is 0.00000162. The zero-order chi connectivity index (χ0) is 12.4. The van der Waals surface area contributed by atoms with E-state index in [1.807, 2.05) is 10.3 Å². The van der Waals surface area contributed by atoms with E-state index >= 15 is 0 Å². The second kappa shape index (κ2) is 6.50. The number of likely N-dealkylation sites (tertiary alicyclic amines) is 1. The molecule has 2 rings (SSSR count). The second-order valence-electron chi connectivity index (χ2n) is 4.87. The number of nitrogens with zero attached hydrogens (tertiary/aromatic N) is 2. The summed E-state index contributed by atoms with van der Waals surface area (Å²) in [6.07, 6.45) is 1.11. The average molecular weight is 290 g/mol. The maximum absolute atomic E-state index is 12.2. The van der Waals surface area contributed by atoms with Crippen LogP contribution in [0.3, 0.4) is 0 Å². The minimum atomic E-state index is 0. The molecule has 0 aromatic carbocycles. The number of carbonyl (C=O) groups excluding carboxylic acids is 1. The minimum absolute atomic E-state index is 0. The Hall–Kier alpha value is -0.650. The molecule has 2 N–H and O–H groups in total. The highest BCUT2D eigenvalue weighted by molar-refractivity contribution is 7.09. The minimum Gasteiger partial charge on any atom is -0.337 e. The molecule has 1 aromatic heterocycles. The van der Waals surface area contributed by atoms with E-state index in [0.717, 1.165) is 24.5 Å². The Bertz CT molecular complexity index is 408. The molecule has 1 aromatic rings. The molecule has 0 saturated carbocycles. The Labute approximate surface area is 118 Å². The molecule has 1 amide bonds. The van der Waals surface area contributed by atoms with E-state index in [1.165, 1.54) is 11.3 Å². The van der Waals surface area contributed by atoms with E-state index in [2.05, 4.69) is 18.8 Å². The lowest BCUT2D eigenvalue weighted by Crippen LogP contribution is -2.29. The molecule has 0 bridgehead atoms. The van der Waals surface area contributed by atoms with Gasteiger partial charge in [0.2, 0.25) is 0 Å². The van der Waals surface area contributed by atoms with Gasteiger partial charge in [-0.1, -0.05) is 13.8 Å². The molecular weight excluding hydrogens is 270 g/mol. The predicted molar refractivity (Wildman–Crippen MR) is 76.1 cm³/mol. The third-order valence-corrected chi connectivity index (χ3v) is 4.27. The molecule has 1 saturated heterocycles. The number of halogens is 1. The number of thiazole rings is 1. The number of nitrogens with two attached hydrogens (primary N) is 1. The smallest absolute Gasteiger partial charge is 0.273 e. The number of hydrogen-bond donors (Lipinski definition) is 1. The number of carbonyl (C=O) groups is 1. The Morgan fingerprint density at radius 2 is 2.39 bits per heavy atom. The van der Waals surface area contributed by atoms with E-state index in [4.69, 9.17) is 5.73 Å². The highest BCUT2D eigenvalue weighted by Gasteiger charge is 2.29. The molecule has 1 atom stereocenters. The third-order valence-electron chi connectivity index (χ3n) is 3.40. The van der Waals surface area contributed by atoms with E-state index in [9.17, 15) is 4.79 Å². The lowest BCUT2D eigenvalue weighted by atomic mass is 9.95. The van der Waals surface area contributed by atoms with Gasteiger partial charge in [-0.2, -0.15) is 0 Å². The molecule has 18 heavy (non-hydrogen) atoms. The van der Waals surface area contributed by atoms with Crippen LogP contribution in [0, 0.1) is 11.8 Å². The highest BCUT2D eigenvalue weighted by Crippen LogP contribution is 2.25. The molecule has 0 aliphatic carbocycles. The summed E-state index contributed by atoms with van der Waals surface area (Å²) >= 11 is 1.46. The third kappa shape index (κ3) is 3.22. The summed E-state index contributed by atoms with van der Waals surface area (Å²) in [5.74, 6) is 1.33. The van der Waals surface area contributed by atoms with Gasteiger partial charge in [0, 0.05) is 25.0 Å². The predicted octanol–water partition coefficient (Wildman–Crippen LogP) is 2.14. The maximum atomic E-state index is 12.2. The van der Waals surface area contributed by atoms with Crippen molar-refractivity contribution in [1.82, 2.24) is 9.88 Å². The van der Waals surface area contributed by atoms with Crippen LogP contribution in [0.4, 0.5) is 0 Å². The number of aromatic nitrogens is 1. The van der Waals surface area contributed by atoms with Crippen LogP contribution in [0.2, 0.25) is 0 Å². The normalized spacial score (nSPS) is 19.1. The molecule has 1 aliphatic heterocycles. The van der Waals surface area contributed by atoms with Gasteiger partial charge < -0.3 is 10.6 Å². The van der Waals surface area contributed by atoms with Gasteiger partial charge >= 0.3 is 0 Å². The summed E-state index contributed by atoms with van der Waals surface area (Å²) in [5, 5.41) is 2.64. The fourth-order valence-electron chi connectivity index (χ4n) is 2.18. The van der Waals surface area contributed by atoms with Gasteiger partial charge in [-0.3, -0.25) is 4.79 Å². The fourth-order valence-corrected chi connectivity index (χ4v) is 2.83. The van der Waals surface area contributed by atoms with Gasteiger partial charge in [0.15, 0.2) is 0 Å². The first kappa shape index (κ1) is 15.4. The van der Waals surface area contributed by atoms with Crippen molar-refractivity contribution < 1.29 is 4.79 Å². The fraction of sp³-hybridized carbons (Fsp3) is 0.667.